The van der Waals surface area contributed by atoms with Crippen molar-refractivity contribution in [3.05, 3.63) is 40.4 Å². The zero-order valence-electron chi connectivity index (χ0n) is 12.3. The number of benzene rings is 1. The molecular weight excluding hydrogens is 327 g/mol. The standard InChI is InChI=1S/C14H16ClFN4OS/c1-9-17-14(19-18-9)22-7-6-13(21)20(2)8-10-11(15)4-3-5-12(10)16/h3-5H,6-8H2,1-2H3,(H,17,18,19). The van der Waals surface area contributed by atoms with Gasteiger partial charge in [-0.3, -0.25) is 9.89 Å². The van der Waals surface area contributed by atoms with E-state index in [2.05, 4.69) is 15.2 Å². The first kappa shape index (κ1) is 16.8. The number of amides is 1. The Labute approximate surface area is 137 Å². The van der Waals surface area contributed by atoms with Crippen molar-refractivity contribution in [3.8, 4) is 0 Å². The van der Waals surface area contributed by atoms with Crippen LogP contribution in [0.4, 0.5) is 4.39 Å². The molecule has 1 aromatic heterocycles. The molecule has 0 spiro atoms. The second-order valence-corrected chi connectivity index (χ2v) is 6.22. The highest BCUT2D eigenvalue weighted by Gasteiger charge is 2.14. The summed E-state index contributed by atoms with van der Waals surface area (Å²) in [5.41, 5.74) is 0.331. The molecule has 0 unspecified atom stereocenters. The average molecular weight is 343 g/mol. The van der Waals surface area contributed by atoms with E-state index in [9.17, 15) is 9.18 Å². The van der Waals surface area contributed by atoms with Gasteiger partial charge in [-0.2, -0.15) is 0 Å². The Kier molecular flexibility index (Phi) is 5.79. The summed E-state index contributed by atoms with van der Waals surface area (Å²) in [6, 6.07) is 4.49. The summed E-state index contributed by atoms with van der Waals surface area (Å²) >= 11 is 7.36. The molecule has 0 bridgehead atoms. The number of hydrogen-bond donors (Lipinski definition) is 1. The second-order valence-electron chi connectivity index (χ2n) is 4.75. The molecule has 0 radical (unpaired) electrons. The van der Waals surface area contributed by atoms with E-state index in [0.29, 0.717) is 27.9 Å². The molecule has 1 N–H and O–H groups in total. The first-order valence-corrected chi connectivity index (χ1v) is 8.02. The Hall–Kier alpha value is -1.60. The van der Waals surface area contributed by atoms with Gasteiger partial charge in [0.05, 0.1) is 0 Å². The summed E-state index contributed by atoms with van der Waals surface area (Å²) in [7, 11) is 1.63. The number of carbonyl (C=O) groups is 1. The molecule has 8 heteroatoms. The van der Waals surface area contributed by atoms with Crippen molar-refractivity contribution in [2.45, 2.75) is 25.0 Å². The molecule has 0 aliphatic carbocycles. The van der Waals surface area contributed by atoms with Gasteiger partial charge < -0.3 is 4.90 Å². The Bertz CT molecular complexity index is 644. The van der Waals surface area contributed by atoms with Gasteiger partial charge >= 0.3 is 0 Å². The van der Waals surface area contributed by atoms with E-state index in [1.807, 2.05) is 6.92 Å². The third kappa shape index (κ3) is 4.45. The number of halogens is 2. The van der Waals surface area contributed by atoms with Gasteiger partial charge in [-0.1, -0.05) is 29.4 Å². The number of nitrogens with zero attached hydrogens (tertiary/aromatic N) is 3. The highest BCUT2D eigenvalue weighted by atomic mass is 35.5. The van der Waals surface area contributed by atoms with Gasteiger partial charge in [0.1, 0.15) is 11.6 Å². The van der Waals surface area contributed by atoms with E-state index in [0.717, 1.165) is 5.82 Å². The molecule has 2 rings (SSSR count). The minimum atomic E-state index is -0.405. The molecule has 0 saturated heterocycles. The number of rotatable bonds is 6. The van der Waals surface area contributed by atoms with Gasteiger partial charge in [-0.25, -0.2) is 9.37 Å². The molecule has 2 aromatic rings. The Balaban J connectivity index is 1.84. The van der Waals surface area contributed by atoms with Crippen LogP contribution < -0.4 is 0 Å². The lowest BCUT2D eigenvalue weighted by Crippen LogP contribution is -2.27. The van der Waals surface area contributed by atoms with Gasteiger partial charge in [0.25, 0.3) is 0 Å². The number of thioether (sulfide) groups is 1. The maximum Gasteiger partial charge on any atom is 0.223 e. The van der Waals surface area contributed by atoms with Gasteiger partial charge in [-0.15, -0.1) is 5.10 Å². The van der Waals surface area contributed by atoms with E-state index in [1.165, 1.54) is 22.7 Å². The zero-order chi connectivity index (χ0) is 16.1. The Morgan fingerprint density at radius 1 is 1.50 bits per heavy atom. The molecule has 22 heavy (non-hydrogen) atoms. The lowest BCUT2D eigenvalue weighted by atomic mass is 10.2. The fraction of sp³-hybridized carbons (Fsp3) is 0.357. The number of aromatic nitrogens is 3. The normalized spacial score (nSPS) is 10.7. The topological polar surface area (TPSA) is 61.9 Å². The van der Waals surface area contributed by atoms with Crippen LogP contribution in [0.25, 0.3) is 0 Å². The van der Waals surface area contributed by atoms with Gasteiger partial charge in [0.15, 0.2) is 0 Å². The van der Waals surface area contributed by atoms with Crippen LogP contribution in [0.2, 0.25) is 5.02 Å². The summed E-state index contributed by atoms with van der Waals surface area (Å²) in [6.07, 6.45) is 0.320. The number of aromatic amines is 1. The van der Waals surface area contributed by atoms with Crippen molar-refractivity contribution in [2.75, 3.05) is 12.8 Å². The van der Waals surface area contributed by atoms with Crippen molar-refractivity contribution >= 4 is 29.3 Å². The smallest absolute Gasteiger partial charge is 0.223 e. The summed E-state index contributed by atoms with van der Waals surface area (Å²) in [5.74, 6) is 0.808. The Morgan fingerprint density at radius 3 is 2.91 bits per heavy atom. The third-order valence-electron chi connectivity index (χ3n) is 3.01. The first-order chi connectivity index (χ1) is 10.5. The largest absolute Gasteiger partial charge is 0.341 e. The molecule has 0 fully saturated rings. The molecule has 0 aliphatic heterocycles. The number of H-pyrrole nitrogens is 1. The van der Waals surface area contributed by atoms with Crippen LogP contribution in [0, 0.1) is 12.7 Å². The summed E-state index contributed by atoms with van der Waals surface area (Å²) in [5, 5.41) is 7.66. The van der Waals surface area contributed by atoms with E-state index >= 15 is 0 Å². The van der Waals surface area contributed by atoms with Crippen LogP contribution in [0.15, 0.2) is 23.4 Å². The molecular formula is C14H16ClFN4OS. The van der Waals surface area contributed by atoms with Crippen LogP contribution >= 0.6 is 23.4 Å². The van der Waals surface area contributed by atoms with E-state index in [-0.39, 0.29) is 12.5 Å². The van der Waals surface area contributed by atoms with Gasteiger partial charge in [0, 0.05) is 36.4 Å². The van der Waals surface area contributed by atoms with Gasteiger partial charge in [0.2, 0.25) is 11.1 Å². The maximum atomic E-state index is 13.7. The number of aryl methyl sites for hydroxylation is 1. The lowest BCUT2D eigenvalue weighted by Gasteiger charge is -2.18. The summed E-state index contributed by atoms with van der Waals surface area (Å²) in [4.78, 5) is 17.7. The van der Waals surface area contributed by atoms with Gasteiger partial charge in [-0.05, 0) is 19.1 Å². The maximum absolute atomic E-state index is 13.7. The predicted octanol–water partition coefficient (Wildman–Crippen LogP) is 3.05. The minimum absolute atomic E-state index is 0.0842. The van der Waals surface area contributed by atoms with E-state index in [1.54, 1.807) is 19.2 Å². The van der Waals surface area contributed by atoms with Crippen LogP contribution in [-0.4, -0.2) is 38.8 Å². The molecule has 118 valence electrons. The van der Waals surface area contributed by atoms with Crippen LogP contribution in [0.1, 0.15) is 17.8 Å². The second kappa shape index (κ2) is 7.60. The summed E-state index contributed by atoms with van der Waals surface area (Å²) < 4.78 is 13.7. The van der Waals surface area contributed by atoms with Crippen molar-refractivity contribution in [3.63, 3.8) is 0 Å². The highest BCUT2D eigenvalue weighted by molar-refractivity contribution is 7.99. The van der Waals surface area contributed by atoms with E-state index < -0.39 is 5.82 Å². The molecule has 0 saturated carbocycles. The zero-order valence-corrected chi connectivity index (χ0v) is 13.8. The first-order valence-electron chi connectivity index (χ1n) is 6.66. The SMILES string of the molecule is Cc1nc(SCCC(=O)N(C)Cc2c(F)cccc2Cl)n[nH]1. The van der Waals surface area contributed by atoms with Crippen molar-refractivity contribution < 1.29 is 9.18 Å². The van der Waals surface area contributed by atoms with Crippen LogP contribution in [-0.2, 0) is 11.3 Å². The number of nitrogens with one attached hydrogen (secondary N) is 1. The average Bonchev–Trinajstić information content (AvgIpc) is 2.88. The van der Waals surface area contributed by atoms with E-state index in [4.69, 9.17) is 11.6 Å². The number of hydrogen-bond acceptors (Lipinski definition) is 4. The fourth-order valence-electron chi connectivity index (χ4n) is 1.82. The fourth-order valence-corrected chi connectivity index (χ4v) is 2.81. The van der Waals surface area contributed by atoms with Crippen molar-refractivity contribution in [1.82, 2.24) is 20.1 Å². The molecule has 0 aliphatic rings. The van der Waals surface area contributed by atoms with Crippen molar-refractivity contribution in [2.24, 2.45) is 0 Å². The van der Waals surface area contributed by atoms with Crippen LogP contribution in [0.5, 0.6) is 0 Å². The molecule has 1 aromatic carbocycles. The van der Waals surface area contributed by atoms with Crippen LogP contribution in [0.3, 0.4) is 0 Å². The third-order valence-corrected chi connectivity index (χ3v) is 4.21. The number of carbonyl (C=O) groups excluding carboxylic acids is 1. The summed E-state index contributed by atoms with van der Waals surface area (Å²) in [6.45, 7) is 1.96. The molecule has 0 atom stereocenters. The molecule has 1 heterocycles. The highest BCUT2D eigenvalue weighted by Crippen LogP contribution is 2.21. The quantitative estimate of drug-likeness (QED) is 0.820. The van der Waals surface area contributed by atoms with Crippen molar-refractivity contribution in [1.29, 1.82) is 0 Å². The predicted molar refractivity (Wildman–Crippen MR) is 84.3 cm³/mol. The lowest BCUT2D eigenvalue weighted by molar-refractivity contribution is -0.129. The molecule has 1 amide bonds. The Morgan fingerprint density at radius 2 is 2.27 bits per heavy atom. The monoisotopic (exact) mass is 342 g/mol. The minimum Gasteiger partial charge on any atom is -0.341 e. The molecule has 5 nitrogen and oxygen atoms in total.